The fraction of sp³-hybridized carbons (Fsp3) is 0.484. The van der Waals surface area contributed by atoms with Gasteiger partial charge in [0.2, 0.25) is 11.8 Å². The molecule has 3 heterocycles. The van der Waals surface area contributed by atoms with Crippen molar-refractivity contribution in [2.75, 3.05) is 13.1 Å². The number of fused-ring (bicyclic) bond motifs is 1. The molecule has 2 unspecified atom stereocenters. The Hall–Kier alpha value is -3.61. The van der Waals surface area contributed by atoms with Crippen LogP contribution in [0.3, 0.4) is 0 Å². The molecule has 0 spiro atoms. The SMILES string of the molecule is CC1(C)CN(Cc2ccc(C3(C#N)CC3)cc2)CCC1(O)c1ccc2c(c1F)CN(C1CCC(=O)NC1=O)C2=O. The Bertz CT molecular complexity index is 1460. The number of carbonyl (C=O) groups is 3. The molecule has 208 valence electrons. The summed E-state index contributed by atoms with van der Waals surface area (Å²) in [5, 5.41) is 23.7. The fourth-order valence-corrected chi connectivity index (χ4v) is 6.76. The highest BCUT2D eigenvalue weighted by molar-refractivity contribution is 6.05. The van der Waals surface area contributed by atoms with Crippen LogP contribution in [-0.4, -0.2) is 51.8 Å². The molecule has 2 aromatic rings. The van der Waals surface area contributed by atoms with Gasteiger partial charge in [-0.2, -0.15) is 5.26 Å². The highest BCUT2D eigenvalue weighted by atomic mass is 19.1. The van der Waals surface area contributed by atoms with Crippen molar-refractivity contribution in [3.05, 3.63) is 70.0 Å². The van der Waals surface area contributed by atoms with E-state index in [2.05, 4.69) is 28.4 Å². The molecular weight excluding hydrogens is 511 g/mol. The maximum absolute atomic E-state index is 16.1. The van der Waals surface area contributed by atoms with Crippen molar-refractivity contribution >= 4 is 17.7 Å². The normalized spacial score (nSPS) is 27.2. The van der Waals surface area contributed by atoms with Crippen molar-refractivity contribution in [3.8, 4) is 6.07 Å². The molecule has 0 aromatic heterocycles. The van der Waals surface area contributed by atoms with Crippen LogP contribution in [0.2, 0.25) is 0 Å². The minimum absolute atomic E-state index is 0.0775. The van der Waals surface area contributed by atoms with Crippen LogP contribution < -0.4 is 5.32 Å². The maximum Gasteiger partial charge on any atom is 0.255 e. The van der Waals surface area contributed by atoms with Gasteiger partial charge in [0.1, 0.15) is 11.9 Å². The van der Waals surface area contributed by atoms with Gasteiger partial charge in [0.25, 0.3) is 5.91 Å². The molecule has 2 N–H and O–H groups in total. The second kappa shape index (κ2) is 9.22. The van der Waals surface area contributed by atoms with Gasteiger partial charge < -0.3 is 10.0 Å². The first kappa shape index (κ1) is 26.6. The molecule has 0 bridgehead atoms. The van der Waals surface area contributed by atoms with E-state index in [0.717, 1.165) is 24.0 Å². The quantitative estimate of drug-likeness (QED) is 0.559. The summed E-state index contributed by atoms with van der Waals surface area (Å²) in [4.78, 5) is 40.6. The Morgan fingerprint density at radius 2 is 1.82 bits per heavy atom. The Morgan fingerprint density at radius 1 is 1.10 bits per heavy atom. The van der Waals surface area contributed by atoms with Gasteiger partial charge in [0.15, 0.2) is 0 Å². The summed E-state index contributed by atoms with van der Waals surface area (Å²) in [6.07, 6.45) is 2.46. The van der Waals surface area contributed by atoms with Gasteiger partial charge in [-0.3, -0.25) is 24.6 Å². The molecule has 9 heteroatoms. The van der Waals surface area contributed by atoms with E-state index in [-0.39, 0.29) is 47.4 Å². The first-order valence-corrected chi connectivity index (χ1v) is 13.9. The van der Waals surface area contributed by atoms with Crippen molar-refractivity contribution in [1.29, 1.82) is 5.26 Å². The molecular formula is C31H33FN4O4. The zero-order valence-electron chi connectivity index (χ0n) is 22.8. The summed E-state index contributed by atoms with van der Waals surface area (Å²) in [6, 6.07) is 12.9. The number of halogens is 1. The first-order valence-electron chi connectivity index (χ1n) is 13.9. The first-order chi connectivity index (χ1) is 19.0. The lowest BCUT2D eigenvalue weighted by molar-refractivity contribution is -0.137. The molecule has 40 heavy (non-hydrogen) atoms. The lowest BCUT2D eigenvalue weighted by Gasteiger charge is -2.50. The largest absolute Gasteiger partial charge is 0.384 e. The van der Waals surface area contributed by atoms with Crippen LogP contribution in [0, 0.1) is 22.6 Å². The highest BCUT2D eigenvalue weighted by Gasteiger charge is 2.51. The number of nitriles is 1. The summed E-state index contributed by atoms with van der Waals surface area (Å²) in [6.45, 7) is 5.55. The van der Waals surface area contributed by atoms with Gasteiger partial charge >= 0.3 is 0 Å². The summed E-state index contributed by atoms with van der Waals surface area (Å²) >= 11 is 0. The Morgan fingerprint density at radius 3 is 2.45 bits per heavy atom. The minimum Gasteiger partial charge on any atom is -0.384 e. The van der Waals surface area contributed by atoms with Crippen molar-refractivity contribution in [1.82, 2.24) is 15.1 Å². The number of likely N-dealkylation sites (tertiary alicyclic amines) is 1. The van der Waals surface area contributed by atoms with Gasteiger partial charge in [-0.25, -0.2) is 4.39 Å². The van der Waals surface area contributed by atoms with Gasteiger partial charge in [-0.1, -0.05) is 44.2 Å². The van der Waals surface area contributed by atoms with E-state index < -0.39 is 34.7 Å². The maximum atomic E-state index is 16.1. The van der Waals surface area contributed by atoms with Crippen molar-refractivity contribution in [2.24, 2.45) is 5.41 Å². The van der Waals surface area contributed by atoms with Gasteiger partial charge in [0.05, 0.1) is 23.6 Å². The topological polar surface area (TPSA) is 114 Å². The number of rotatable bonds is 5. The zero-order chi connectivity index (χ0) is 28.4. The number of carbonyl (C=O) groups excluding carboxylic acids is 3. The molecule has 6 rings (SSSR count). The molecule has 1 aliphatic carbocycles. The molecule has 2 aromatic carbocycles. The molecule has 8 nitrogen and oxygen atoms in total. The van der Waals surface area contributed by atoms with Crippen LogP contribution in [0.5, 0.6) is 0 Å². The number of hydrogen-bond acceptors (Lipinski definition) is 6. The summed E-state index contributed by atoms with van der Waals surface area (Å²) in [5.74, 6) is -1.97. The monoisotopic (exact) mass is 544 g/mol. The third-order valence-corrected chi connectivity index (χ3v) is 9.50. The van der Waals surface area contributed by atoms with Crippen LogP contribution >= 0.6 is 0 Å². The molecule has 3 fully saturated rings. The smallest absolute Gasteiger partial charge is 0.255 e. The van der Waals surface area contributed by atoms with E-state index in [1.165, 1.54) is 11.0 Å². The van der Waals surface area contributed by atoms with E-state index in [0.29, 0.717) is 26.1 Å². The number of nitrogens with one attached hydrogen (secondary N) is 1. The number of hydrogen-bond donors (Lipinski definition) is 2. The van der Waals surface area contributed by atoms with Gasteiger partial charge in [-0.15, -0.1) is 0 Å². The number of piperidine rings is 2. The lowest BCUT2D eigenvalue weighted by atomic mass is 9.66. The summed E-state index contributed by atoms with van der Waals surface area (Å²) < 4.78 is 16.1. The second-order valence-electron chi connectivity index (χ2n) is 12.4. The molecule has 1 saturated carbocycles. The summed E-state index contributed by atoms with van der Waals surface area (Å²) in [7, 11) is 0. The number of nitrogens with zero attached hydrogens (tertiary/aromatic N) is 3. The molecule has 4 aliphatic rings. The predicted octanol–water partition coefficient (Wildman–Crippen LogP) is 3.26. The fourth-order valence-electron chi connectivity index (χ4n) is 6.76. The van der Waals surface area contributed by atoms with E-state index in [1.807, 2.05) is 26.0 Å². The number of amides is 3. The lowest BCUT2D eigenvalue weighted by Crippen LogP contribution is -2.55. The van der Waals surface area contributed by atoms with E-state index in [4.69, 9.17) is 0 Å². The molecule has 0 radical (unpaired) electrons. The van der Waals surface area contributed by atoms with Crippen LogP contribution in [0.25, 0.3) is 0 Å². The minimum atomic E-state index is -1.46. The second-order valence-corrected chi connectivity index (χ2v) is 12.4. The number of aliphatic hydroxyl groups is 1. The Kier molecular flexibility index (Phi) is 6.13. The highest BCUT2D eigenvalue weighted by Crippen LogP contribution is 2.49. The van der Waals surface area contributed by atoms with E-state index >= 15 is 4.39 Å². The third kappa shape index (κ3) is 4.13. The molecule has 3 aliphatic heterocycles. The van der Waals surface area contributed by atoms with Crippen molar-refractivity contribution in [3.63, 3.8) is 0 Å². The Labute approximate surface area is 232 Å². The predicted molar refractivity (Wildman–Crippen MR) is 143 cm³/mol. The van der Waals surface area contributed by atoms with Crippen LogP contribution in [0.1, 0.15) is 78.6 Å². The van der Waals surface area contributed by atoms with Crippen molar-refractivity contribution < 1.29 is 23.9 Å². The standard InChI is InChI=1S/C31H33FN4O4/c1-29(2)18-35(15-19-3-5-20(6-4-19)30(17-33)11-12-30)14-13-31(29,40)23-8-7-21-22(26(23)32)16-36(28(21)39)24-9-10-25(37)34-27(24)38/h3-8,24,40H,9-16,18H2,1-2H3,(H,34,37,38). The van der Waals surface area contributed by atoms with Crippen LogP contribution in [-0.2, 0) is 33.7 Å². The zero-order valence-corrected chi connectivity index (χ0v) is 22.8. The third-order valence-electron chi connectivity index (χ3n) is 9.50. The van der Waals surface area contributed by atoms with Crippen molar-refractivity contribution in [2.45, 2.75) is 76.1 Å². The van der Waals surface area contributed by atoms with Crippen LogP contribution in [0.15, 0.2) is 36.4 Å². The molecule has 2 saturated heterocycles. The average Bonchev–Trinajstić information content (AvgIpc) is 3.65. The van der Waals surface area contributed by atoms with Crippen LogP contribution in [0.4, 0.5) is 4.39 Å². The average molecular weight is 545 g/mol. The Balaban J connectivity index is 1.19. The number of imide groups is 1. The van der Waals surface area contributed by atoms with E-state index in [1.54, 1.807) is 6.07 Å². The summed E-state index contributed by atoms with van der Waals surface area (Å²) in [5.41, 5.74) is 0.259. The van der Waals surface area contributed by atoms with Gasteiger partial charge in [0, 0.05) is 48.2 Å². The number of benzene rings is 2. The van der Waals surface area contributed by atoms with E-state index in [9.17, 15) is 24.8 Å². The van der Waals surface area contributed by atoms with Gasteiger partial charge in [-0.05, 0) is 42.9 Å². The molecule has 2 atom stereocenters. The molecule has 3 amide bonds.